The molecule has 1 aliphatic heterocycles. The number of nitrogens with zero attached hydrogens (tertiary/aromatic N) is 1. The maximum absolute atomic E-state index is 11.8. The van der Waals surface area contributed by atoms with Crippen molar-refractivity contribution in [2.75, 3.05) is 13.1 Å². The highest BCUT2D eigenvalue weighted by atomic mass is 16.2. The van der Waals surface area contributed by atoms with Crippen molar-refractivity contribution in [1.82, 2.24) is 10.2 Å². The Bertz CT molecular complexity index is 334. The van der Waals surface area contributed by atoms with E-state index in [0.29, 0.717) is 12.1 Å². The minimum Gasteiger partial charge on any atom is -0.341 e. The number of carbonyl (C=O) groups excluding carboxylic acids is 1. The second-order valence-electron chi connectivity index (χ2n) is 7.40. The summed E-state index contributed by atoms with van der Waals surface area (Å²) in [4.78, 5) is 13.9. The summed E-state index contributed by atoms with van der Waals surface area (Å²) in [6.07, 6.45) is 12.3. The Morgan fingerprint density at radius 2 is 1.75 bits per heavy atom. The summed E-state index contributed by atoms with van der Waals surface area (Å²) in [5, 5.41) is 3.87. The van der Waals surface area contributed by atoms with Crippen LogP contribution in [0, 0.1) is 11.8 Å². The van der Waals surface area contributed by atoms with Gasteiger partial charge >= 0.3 is 0 Å². The van der Waals surface area contributed by atoms with Crippen molar-refractivity contribution >= 4 is 5.91 Å². The van der Waals surface area contributed by atoms with Crippen LogP contribution in [-0.2, 0) is 4.79 Å². The van der Waals surface area contributed by atoms with Crippen LogP contribution in [0.3, 0.4) is 0 Å². The van der Waals surface area contributed by atoms with E-state index in [9.17, 15) is 4.79 Å². The summed E-state index contributed by atoms with van der Waals surface area (Å²) in [7, 11) is 0. The first-order chi connectivity index (χ1) is 9.70. The van der Waals surface area contributed by atoms with Crippen LogP contribution >= 0.6 is 0 Å². The Morgan fingerprint density at radius 3 is 2.40 bits per heavy atom. The molecule has 0 spiro atoms. The van der Waals surface area contributed by atoms with Gasteiger partial charge in [0.2, 0.25) is 5.91 Å². The van der Waals surface area contributed by atoms with Crippen LogP contribution in [0.4, 0.5) is 0 Å². The zero-order valence-corrected chi connectivity index (χ0v) is 12.9. The minimum atomic E-state index is 0.265. The molecule has 1 saturated heterocycles. The molecule has 0 bridgehead atoms. The monoisotopic (exact) mass is 278 g/mol. The number of hydrogen-bond acceptors (Lipinski definition) is 2. The lowest BCUT2D eigenvalue weighted by Crippen LogP contribution is -2.53. The topological polar surface area (TPSA) is 32.3 Å². The van der Waals surface area contributed by atoms with Gasteiger partial charge < -0.3 is 10.2 Å². The van der Waals surface area contributed by atoms with E-state index in [1.54, 1.807) is 6.92 Å². The summed E-state index contributed by atoms with van der Waals surface area (Å²) in [6, 6.07) is 1.25. The zero-order valence-electron chi connectivity index (χ0n) is 12.9. The van der Waals surface area contributed by atoms with Crippen molar-refractivity contribution in [1.29, 1.82) is 0 Å². The number of amides is 1. The molecule has 2 saturated carbocycles. The number of carbonyl (C=O) groups is 1. The van der Waals surface area contributed by atoms with E-state index >= 15 is 0 Å². The van der Waals surface area contributed by atoms with E-state index < -0.39 is 0 Å². The van der Waals surface area contributed by atoms with Crippen molar-refractivity contribution in [3.05, 3.63) is 0 Å². The third kappa shape index (κ3) is 3.97. The van der Waals surface area contributed by atoms with Gasteiger partial charge in [0.25, 0.3) is 0 Å². The van der Waals surface area contributed by atoms with Gasteiger partial charge in [-0.15, -0.1) is 0 Å². The average Bonchev–Trinajstić information content (AvgIpc) is 3.23. The fourth-order valence-electron chi connectivity index (χ4n) is 4.18. The minimum absolute atomic E-state index is 0.265. The van der Waals surface area contributed by atoms with Crippen LogP contribution in [0.15, 0.2) is 0 Å². The Kier molecular flexibility index (Phi) is 4.65. The summed E-state index contributed by atoms with van der Waals surface area (Å²) < 4.78 is 0. The van der Waals surface area contributed by atoms with E-state index in [1.807, 2.05) is 0 Å². The van der Waals surface area contributed by atoms with Gasteiger partial charge in [0.05, 0.1) is 0 Å². The molecule has 1 heterocycles. The lowest BCUT2D eigenvalue weighted by atomic mass is 9.88. The molecule has 1 amide bonds. The largest absolute Gasteiger partial charge is 0.341 e. The van der Waals surface area contributed by atoms with Gasteiger partial charge in [-0.25, -0.2) is 0 Å². The van der Waals surface area contributed by atoms with Gasteiger partial charge in [0.1, 0.15) is 0 Å². The van der Waals surface area contributed by atoms with Gasteiger partial charge in [0, 0.05) is 32.1 Å². The Morgan fingerprint density at radius 1 is 1.00 bits per heavy atom. The molecule has 3 heteroatoms. The van der Waals surface area contributed by atoms with Crippen molar-refractivity contribution in [2.24, 2.45) is 11.8 Å². The molecule has 1 N–H and O–H groups in total. The quantitative estimate of drug-likeness (QED) is 0.857. The molecule has 3 fully saturated rings. The fourth-order valence-corrected chi connectivity index (χ4v) is 4.18. The number of piperidine rings is 1. The van der Waals surface area contributed by atoms with Crippen molar-refractivity contribution in [3.63, 3.8) is 0 Å². The highest BCUT2D eigenvalue weighted by Gasteiger charge is 2.33. The van der Waals surface area contributed by atoms with Crippen LogP contribution in [0.25, 0.3) is 0 Å². The number of nitrogens with one attached hydrogen (secondary N) is 1. The summed E-state index contributed by atoms with van der Waals surface area (Å²) in [5.74, 6) is 1.98. The van der Waals surface area contributed by atoms with Crippen molar-refractivity contribution in [3.8, 4) is 0 Å². The van der Waals surface area contributed by atoms with Crippen LogP contribution < -0.4 is 5.32 Å². The van der Waals surface area contributed by atoms with Gasteiger partial charge in [-0.1, -0.05) is 32.1 Å². The predicted molar refractivity (Wildman–Crippen MR) is 81.5 cm³/mol. The van der Waals surface area contributed by atoms with E-state index in [2.05, 4.69) is 10.2 Å². The van der Waals surface area contributed by atoms with Crippen LogP contribution in [-0.4, -0.2) is 36.0 Å². The summed E-state index contributed by atoms with van der Waals surface area (Å²) >= 11 is 0. The van der Waals surface area contributed by atoms with Gasteiger partial charge in [-0.05, 0) is 37.5 Å². The van der Waals surface area contributed by atoms with Crippen LogP contribution in [0.5, 0.6) is 0 Å². The molecular weight excluding hydrogens is 248 g/mol. The molecule has 3 aliphatic rings. The first kappa shape index (κ1) is 14.4. The highest BCUT2D eigenvalue weighted by Crippen LogP contribution is 2.38. The number of rotatable bonds is 4. The smallest absolute Gasteiger partial charge is 0.219 e. The molecule has 2 aliphatic carbocycles. The van der Waals surface area contributed by atoms with Crippen molar-refractivity contribution < 1.29 is 4.79 Å². The Hall–Kier alpha value is -0.570. The maximum Gasteiger partial charge on any atom is 0.219 e. The predicted octanol–water partition coefficient (Wildman–Crippen LogP) is 2.95. The molecule has 3 rings (SSSR count). The molecule has 0 aromatic heterocycles. The normalized spacial score (nSPS) is 32.4. The van der Waals surface area contributed by atoms with Gasteiger partial charge in [0.15, 0.2) is 0 Å². The zero-order chi connectivity index (χ0) is 13.9. The SMILES string of the molecule is CC(=O)N1CC(CC2CC2)CC(NC2CCCCC2)C1. The lowest BCUT2D eigenvalue weighted by molar-refractivity contribution is -0.131. The second kappa shape index (κ2) is 6.46. The number of hydrogen-bond donors (Lipinski definition) is 1. The standard InChI is InChI=1S/C17H30N2O/c1-13(20)19-11-15(9-14-7-8-14)10-17(12-19)18-16-5-3-2-4-6-16/h14-18H,2-12H2,1H3. The first-order valence-electron chi connectivity index (χ1n) is 8.72. The van der Waals surface area contributed by atoms with Crippen LogP contribution in [0.1, 0.15) is 64.7 Å². The van der Waals surface area contributed by atoms with Gasteiger partial charge in [-0.2, -0.15) is 0 Å². The third-order valence-corrected chi connectivity index (χ3v) is 5.42. The molecule has 0 aromatic carbocycles. The molecular formula is C17H30N2O. The fraction of sp³-hybridized carbons (Fsp3) is 0.941. The molecule has 0 aromatic rings. The number of likely N-dealkylation sites (tertiary alicyclic amines) is 1. The van der Waals surface area contributed by atoms with E-state index in [0.717, 1.165) is 24.9 Å². The van der Waals surface area contributed by atoms with Crippen LogP contribution in [0.2, 0.25) is 0 Å². The first-order valence-corrected chi connectivity index (χ1v) is 8.72. The maximum atomic E-state index is 11.8. The molecule has 114 valence electrons. The molecule has 2 atom stereocenters. The van der Waals surface area contributed by atoms with E-state index in [1.165, 1.54) is 57.8 Å². The van der Waals surface area contributed by atoms with E-state index in [-0.39, 0.29) is 5.91 Å². The molecule has 0 radical (unpaired) electrons. The average molecular weight is 278 g/mol. The van der Waals surface area contributed by atoms with Gasteiger partial charge in [-0.3, -0.25) is 4.79 Å². The van der Waals surface area contributed by atoms with Crippen molar-refractivity contribution in [2.45, 2.75) is 76.8 Å². The highest BCUT2D eigenvalue weighted by molar-refractivity contribution is 5.73. The molecule has 2 unspecified atom stereocenters. The Labute approximate surface area is 123 Å². The Balaban J connectivity index is 1.54. The third-order valence-electron chi connectivity index (χ3n) is 5.42. The summed E-state index contributed by atoms with van der Waals surface area (Å²) in [5.41, 5.74) is 0. The lowest BCUT2D eigenvalue weighted by Gasteiger charge is -2.40. The summed E-state index contributed by atoms with van der Waals surface area (Å²) in [6.45, 7) is 3.68. The second-order valence-corrected chi connectivity index (χ2v) is 7.40. The van der Waals surface area contributed by atoms with E-state index in [4.69, 9.17) is 0 Å². The molecule has 20 heavy (non-hydrogen) atoms. The molecule has 3 nitrogen and oxygen atoms in total.